The van der Waals surface area contributed by atoms with Gasteiger partial charge < -0.3 is 20.1 Å². The van der Waals surface area contributed by atoms with Gasteiger partial charge in [0.1, 0.15) is 11.0 Å². The van der Waals surface area contributed by atoms with Crippen molar-refractivity contribution in [2.75, 3.05) is 17.4 Å². The second kappa shape index (κ2) is 12.4. The molecule has 41 heavy (non-hydrogen) atoms. The topological polar surface area (TPSA) is 114 Å². The van der Waals surface area contributed by atoms with E-state index >= 15 is 0 Å². The number of anilines is 2. The maximum Gasteiger partial charge on any atom is 0.319 e. The van der Waals surface area contributed by atoms with Crippen LogP contribution in [0.1, 0.15) is 56.2 Å². The van der Waals surface area contributed by atoms with Gasteiger partial charge in [0.15, 0.2) is 11.5 Å². The zero-order chi connectivity index (χ0) is 28.9. The first-order valence-electron chi connectivity index (χ1n) is 13.6. The Hall–Kier alpha value is -4.44. The van der Waals surface area contributed by atoms with Crippen LogP contribution < -0.4 is 25.4 Å². The van der Waals surface area contributed by atoms with Crippen LogP contribution in [0.2, 0.25) is 0 Å². The van der Waals surface area contributed by atoms with E-state index in [1.807, 2.05) is 66.7 Å². The number of hydrogen-bond donors (Lipinski definition) is 3. The largest absolute Gasteiger partial charge is 0.454 e. The molecule has 0 bridgehead atoms. The van der Waals surface area contributed by atoms with Crippen LogP contribution in [0.25, 0.3) is 10.6 Å². The average Bonchev–Trinajstić information content (AvgIpc) is 3.62. The Kier molecular flexibility index (Phi) is 8.49. The van der Waals surface area contributed by atoms with E-state index in [0.717, 1.165) is 27.9 Å². The molecule has 1 aliphatic rings. The molecule has 0 spiro atoms. The number of carbonyl (C=O) groups excluding carboxylic acids is 2. The van der Waals surface area contributed by atoms with E-state index in [0.29, 0.717) is 28.1 Å². The van der Waals surface area contributed by atoms with Crippen LogP contribution in [-0.2, 0) is 11.2 Å². The maximum absolute atomic E-state index is 13.5. The van der Waals surface area contributed by atoms with E-state index in [-0.39, 0.29) is 18.6 Å². The Bertz CT molecular complexity index is 1510. The molecule has 0 radical (unpaired) electrons. The third kappa shape index (κ3) is 6.66. The van der Waals surface area contributed by atoms with E-state index in [2.05, 4.69) is 53.8 Å². The van der Waals surface area contributed by atoms with Gasteiger partial charge in [0.05, 0.1) is 0 Å². The summed E-state index contributed by atoms with van der Waals surface area (Å²) in [5.74, 6) is 1.35. The lowest BCUT2D eigenvalue weighted by atomic mass is 9.93. The van der Waals surface area contributed by atoms with E-state index in [1.165, 1.54) is 11.3 Å². The monoisotopic (exact) mass is 571 g/mol. The minimum Gasteiger partial charge on any atom is -0.454 e. The predicted molar refractivity (Wildman–Crippen MR) is 161 cm³/mol. The summed E-state index contributed by atoms with van der Waals surface area (Å²) in [5, 5.41) is 18.1. The minimum atomic E-state index is -0.857. The third-order valence-corrected chi connectivity index (χ3v) is 7.68. The second-order valence-corrected chi connectivity index (χ2v) is 11.4. The molecular weight excluding hydrogens is 538 g/mol. The van der Waals surface area contributed by atoms with E-state index in [1.54, 1.807) is 0 Å². The van der Waals surface area contributed by atoms with Gasteiger partial charge in [-0.3, -0.25) is 10.1 Å². The number of nitrogens with one attached hydrogen (secondary N) is 3. The quantitative estimate of drug-likeness (QED) is 0.210. The maximum atomic E-state index is 13.5. The summed E-state index contributed by atoms with van der Waals surface area (Å²) in [7, 11) is 0. The molecule has 4 aromatic rings. The number of urea groups is 1. The van der Waals surface area contributed by atoms with Crippen LogP contribution in [-0.4, -0.2) is 35.0 Å². The van der Waals surface area contributed by atoms with Crippen molar-refractivity contribution in [1.82, 2.24) is 15.5 Å². The summed E-state index contributed by atoms with van der Waals surface area (Å²) < 4.78 is 10.8. The lowest BCUT2D eigenvalue weighted by Gasteiger charge is -2.22. The first kappa shape index (κ1) is 28.1. The molecule has 1 aromatic heterocycles. The fourth-order valence-electron chi connectivity index (χ4n) is 4.67. The number of fused-ring (bicyclic) bond motifs is 1. The van der Waals surface area contributed by atoms with Crippen molar-refractivity contribution < 1.29 is 19.1 Å². The molecule has 1 atom stereocenters. The van der Waals surface area contributed by atoms with Gasteiger partial charge in [-0.15, -0.1) is 10.2 Å². The molecular formula is C31H33N5O4S. The van der Waals surface area contributed by atoms with Gasteiger partial charge in [0.25, 0.3) is 0 Å². The molecule has 0 saturated heterocycles. The van der Waals surface area contributed by atoms with Gasteiger partial charge in [-0.25, -0.2) is 4.79 Å². The Labute approximate surface area is 243 Å². The molecule has 9 nitrogen and oxygen atoms in total. The van der Waals surface area contributed by atoms with Gasteiger partial charge in [0, 0.05) is 17.7 Å². The van der Waals surface area contributed by atoms with E-state index in [4.69, 9.17) is 9.47 Å². The van der Waals surface area contributed by atoms with Crippen LogP contribution in [0, 0.1) is 0 Å². The molecule has 5 rings (SSSR count). The van der Waals surface area contributed by atoms with Crippen LogP contribution in [0.5, 0.6) is 11.5 Å². The lowest BCUT2D eigenvalue weighted by molar-refractivity contribution is -0.117. The van der Waals surface area contributed by atoms with Crippen molar-refractivity contribution in [3.05, 3.63) is 83.4 Å². The van der Waals surface area contributed by atoms with E-state index in [9.17, 15) is 9.59 Å². The summed E-state index contributed by atoms with van der Waals surface area (Å²) in [4.78, 5) is 26.9. The number of para-hydroxylation sites is 1. The van der Waals surface area contributed by atoms with Gasteiger partial charge in [-0.2, -0.15) is 0 Å². The highest BCUT2D eigenvalue weighted by Gasteiger charge is 2.25. The number of nitrogens with zero attached hydrogens (tertiary/aromatic N) is 2. The van der Waals surface area contributed by atoms with Crippen LogP contribution in [0.15, 0.2) is 66.7 Å². The van der Waals surface area contributed by atoms with Crippen molar-refractivity contribution >= 4 is 34.1 Å². The predicted octanol–water partition coefficient (Wildman–Crippen LogP) is 6.55. The van der Waals surface area contributed by atoms with Gasteiger partial charge in [0.2, 0.25) is 17.8 Å². The summed E-state index contributed by atoms with van der Waals surface area (Å²) in [6.45, 7) is 8.55. The fraction of sp³-hybridized carbons (Fsp3) is 0.290. The Morgan fingerprint density at radius 1 is 0.854 bits per heavy atom. The highest BCUT2D eigenvalue weighted by atomic mass is 32.1. The second-order valence-electron chi connectivity index (χ2n) is 10.4. The Morgan fingerprint density at radius 3 is 2.27 bits per heavy atom. The molecule has 3 aromatic carbocycles. The van der Waals surface area contributed by atoms with Crippen LogP contribution in [0.3, 0.4) is 0 Å². The molecule has 0 aliphatic carbocycles. The van der Waals surface area contributed by atoms with Crippen LogP contribution in [0.4, 0.5) is 15.6 Å². The zero-order valence-electron chi connectivity index (χ0n) is 23.4. The first-order valence-corrected chi connectivity index (χ1v) is 14.4. The van der Waals surface area contributed by atoms with Gasteiger partial charge in [-0.05, 0) is 46.7 Å². The van der Waals surface area contributed by atoms with Crippen molar-refractivity contribution in [2.24, 2.45) is 0 Å². The summed E-state index contributed by atoms with van der Waals surface area (Å²) >= 11 is 1.24. The Morgan fingerprint density at radius 2 is 1.56 bits per heavy atom. The van der Waals surface area contributed by atoms with Crippen molar-refractivity contribution in [1.29, 1.82) is 0 Å². The molecule has 0 fully saturated rings. The van der Waals surface area contributed by atoms with Crippen molar-refractivity contribution in [2.45, 2.75) is 52.0 Å². The highest BCUT2D eigenvalue weighted by Crippen LogP contribution is 2.37. The molecule has 3 N–H and O–H groups in total. The van der Waals surface area contributed by atoms with E-state index < -0.39 is 18.0 Å². The summed E-state index contributed by atoms with van der Waals surface area (Å²) in [5.41, 5.74) is 4.58. The number of amides is 3. The molecule has 0 saturated carbocycles. The third-order valence-electron chi connectivity index (χ3n) is 6.79. The number of benzene rings is 3. The number of hydrogen-bond acceptors (Lipinski definition) is 7. The van der Waals surface area contributed by atoms with Crippen molar-refractivity contribution in [3.8, 4) is 22.1 Å². The highest BCUT2D eigenvalue weighted by molar-refractivity contribution is 7.18. The standard InChI is InChI=1S/C31H33N5O4S/c1-18(2)22-11-8-12-23(19(3)4)27(22)33-30(38)32-24(15-20-9-6-5-7-10-20)28(37)34-31-36-35-29(41-31)21-13-14-25-26(16-21)40-17-39-25/h5-14,16,18-19,24H,15,17H2,1-4H3,(H2,32,33,38)(H,34,36,37). The molecule has 212 valence electrons. The summed E-state index contributed by atoms with van der Waals surface area (Å²) in [6, 6.07) is 19.8. The number of rotatable bonds is 9. The average molecular weight is 572 g/mol. The molecule has 2 heterocycles. The SMILES string of the molecule is CC(C)c1cccc(C(C)C)c1NC(=O)NC(Cc1ccccc1)C(=O)Nc1nnc(-c2ccc3c(c2)OCO3)s1. The summed E-state index contributed by atoms with van der Waals surface area (Å²) in [6.07, 6.45) is 0.302. The normalized spacial score (nSPS) is 12.8. The zero-order valence-corrected chi connectivity index (χ0v) is 24.2. The molecule has 3 amide bonds. The molecule has 1 aliphatic heterocycles. The molecule has 1 unspecified atom stereocenters. The smallest absolute Gasteiger partial charge is 0.319 e. The number of aromatic nitrogens is 2. The van der Waals surface area contributed by atoms with Gasteiger partial charge >= 0.3 is 6.03 Å². The van der Waals surface area contributed by atoms with Gasteiger partial charge in [-0.1, -0.05) is 87.6 Å². The lowest BCUT2D eigenvalue weighted by Crippen LogP contribution is -2.47. The number of carbonyl (C=O) groups is 2. The van der Waals surface area contributed by atoms with Crippen LogP contribution >= 0.6 is 11.3 Å². The first-order chi connectivity index (χ1) is 19.8. The van der Waals surface area contributed by atoms with Crippen molar-refractivity contribution in [3.63, 3.8) is 0 Å². The minimum absolute atomic E-state index is 0.182. The Balaban J connectivity index is 1.34. The molecule has 10 heteroatoms. The fourth-order valence-corrected chi connectivity index (χ4v) is 5.42. The number of ether oxygens (including phenoxy) is 2.